The molecule has 1 N–H and O–H groups in total. The Morgan fingerprint density at radius 2 is 1.95 bits per heavy atom. The second kappa shape index (κ2) is 5.27. The molecular formula is C11H12F2N2O4. The molecular weight excluding hydrogens is 262 g/mol. The first-order valence-electron chi connectivity index (χ1n) is 5.24. The van der Waals surface area contributed by atoms with Crippen LogP contribution in [0.2, 0.25) is 0 Å². The van der Waals surface area contributed by atoms with Crippen molar-refractivity contribution in [2.24, 2.45) is 0 Å². The van der Waals surface area contributed by atoms with E-state index in [4.69, 9.17) is 4.84 Å². The fourth-order valence-electron chi connectivity index (χ4n) is 1.14. The molecule has 6 nitrogen and oxygen atoms in total. The largest absolute Gasteiger partial charge is 0.305 e. The van der Waals surface area contributed by atoms with Crippen molar-refractivity contribution in [2.45, 2.75) is 26.4 Å². The van der Waals surface area contributed by atoms with Gasteiger partial charge in [-0.05, 0) is 26.8 Å². The Morgan fingerprint density at radius 3 is 2.42 bits per heavy atom. The molecule has 0 saturated heterocycles. The monoisotopic (exact) mass is 274 g/mol. The minimum Gasteiger partial charge on any atom is -0.268 e. The van der Waals surface area contributed by atoms with E-state index in [2.05, 4.69) is 0 Å². The van der Waals surface area contributed by atoms with E-state index in [1.807, 2.05) is 5.48 Å². The fourth-order valence-corrected chi connectivity index (χ4v) is 1.14. The summed E-state index contributed by atoms with van der Waals surface area (Å²) in [6.07, 6.45) is 0. The van der Waals surface area contributed by atoms with Crippen LogP contribution in [0.15, 0.2) is 12.1 Å². The lowest BCUT2D eigenvalue weighted by Gasteiger charge is -2.19. The highest BCUT2D eigenvalue weighted by molar-refractivity contribution is 5.94. The first kappa shape index (κ1) is 15.0. The van der Waals surface area contributed by atoms with Gasteiger partial charge in [0.1, 0.15) is 11.4 Å². The predicted molar refractivity (Wildman–Crippen MR) is 61.3 cm³/mol. The number of amides is 1. The van der Waals surface area contributed by atoms with Gasteiger partial charge in [-0.15, -0.1) is 0 Å². The lowest BCUT2D eigenvalue weighted by Crippen LogP contribution is -2.34. The van der Waals surface area contributed by atoms with E-state index >= 15 is 0 Å². The lowest BCUT2D eigenvalue weighted by atomic mass is 10.1. The van der Waals surface area contributed by atoms with Gasteiger partial charge in [0.05, 0.1) is 10.5 Å². The third-order valence-corrected chi connectivity index (χ3v) is 1.94. The number of hydroxylamine groups is 1. The first-order valence-corrected chi connectivity index (χ1v) is 5.24. The van der Waals surface area contributed by atoms with Crippen LogP contribution in [0.1, 0.15) is 31.1 Å². The number of nitro groups is 1. The summed E-state index contributed by atoms with van der Waals surface area (Å²) in [5.41, 5.74) is -0.970. The van der Waals surface area contributed by atoms with Crippen molar-refractivity contribution in [3.63, 3.8) is 0 Å². The zero-order chi connectivity index (χ0) is 14.8. The number of nitrogens with zero attached hydrogens (tertiary/aromatic N) is 1. The summed E-state index contributed by atoms with van der Waals surface area (Å²) in [5.74, 6) is -3.98. The number of rotatable bonds is 3. The summed E-state index contributed by atoms with van der Waals surface area (Å²) in [6.45, 7) is 4.81. The maximum Gasteiger partial charge on any atom is 0.305 e. The van der Waals surface area contributed by atoms with Gasteiger partial charge >= 0.3 is 5.69 Å². The highest BCUT2D eigenvalue weighted by Gasteiger charge is 2.27. The molecule has 0 atom stereocenters. The van der Waals surface area contributed by atoms with Gasteiger partial charge in [0.25, 0.3) is 5.91 Å². The van der Waals surface area contributed by atoms with Crippen LogP contribution >= 0.6 is 0 Å². The molecule has 0 aliphatic heterocycles. The first-order chi connectivity index (χ1) is 8.63. The van der Waals surface area contributed by atoms with Crippen LogP contribution in [0.3, 0.4) is 0 Å². The average molecular weight is 274 g/mol. The molecule has 0 aromatic heterocycles. The SMILES string of the molecule is CC(C)(C)ONC(=O)c1c(F)ccc([N+](=O)[O-])c1F. The van der Waals surface area contributed by atoms with Gasteiger partial charge < -0.3 is 0 Å². The quantitative estimate of drug-likeness (QED) is 0.677. The third-order valence-electron chi connectivity index (χ3n) is 1.94. The van der Waals surface area contributed by atoms with Crippen LogP contribution in [0.4, 0.5) is 14.5 Å². The number of nitrogens with one attached hydrogen (secondary N) is 1. The van der Waals surface area contributed by atoms with Gasteiger partial charge in [0.2, 0.25) is 5.82 Å². The molecule has 19 heavy (non-hydrogen) atoms. The summed E-state index contributed by atoms with van der Waals surface area (Å²) in [7, 11) is 0. The van der Waals surface area contributed by atoms with Gasteiger partial charge in [-0.1, -0.05) is 0 Å². The normalized spacial score (nSPS) is 11.2. The van der Waals surface area contributed by atoms with Crippen LogP contribution < -0.4 is 5.48 Å². The average Bonchev–Trinajstić information content (AvgIpc) is 2.24. The maximum absolute atomic E-state index is 13.7. The molecule has 1 amide bonds. The molecule has 104 valence electrons. The second-order valence-electron chi connectivity index (χ2n) is 4.66. The molecule has 1 rings (SSSR count). The Morgan fingerprint density at radius 1 is 1.37 bits per heavy atom. The van der Waals surface area contributed by atoms with Crippen molar-refractivity contribution in [3.8, 4) is 0 Å². The van der Waals surface area contributed by atoms with E-state index in [0.717, 1.165) is 0 Å². The molecule has 0 heterocycles. The van der Waals surface area contributed by atoms with Crippen molar-refractivity contribution in [1.29, 1.82) is 0 Å². The number of carbonyl (C=O) groups is 1. The summed E-state index contributed by atoms with van der Waals surface area (Å²) in [5, 5.41) is 10.5. The maximum atomic E-state index is 13.7. The summed E-state index contributed by atoms with van der Waals surface area (Å²) >= 11 is 0. The number of carbonyl (C=O) groups excluding carboxylic acids is 1. The molecule has 8 heteroatoms. The van der Waals surface area contributed by atoms with E-state index in [-0.39, 0.29) is 0 Å². The van der Waals surface area contributed by atoms with Gasteiger partial charge in [0, 0.05) is 6.07 Å². The van der Waals surface area contributed by atoms with Crippen molar-refractivity contribution >= 4 is 11.6 Å². The topological polar surface area (TPSA) is 81.5 Å². The van der Waals surface area contributed by atoms with Gasteiger partial charge in [-0.3, -0.25) is 19.7 Å². The fraction of sp³-hybridized carbons (Fsp3) is 0.364. The molecule has 1 aromatic rings. The summed E-state index contributed by atoms with van der Waals surface area (Å²) < 4.78 is 27.0. The molecule has 1 aromatic carbocycles. The molecule has 0 fully saturated rings. The zero-order valence-corrected chi connectivity index (χ0v) is 10.5. The molecule has 0 bridgehead atoms. The molecule has 0 aliphatic carbocycles. The van der Waals surface area contributed by atoms with Crippen molar-refractivity contribution in [3.05, 3.63) is 39.4 Å². The third kappa shape index (κ3) is 3.68. The van der Waals surface area contributed by atoms with Crippen LogP contribution in [0.5, 0.6) is 0 Å². The predicted octanol–water partition coefficient (Wildman–Crippen LogP) is 2.33. The van der Waals surface area contributed by atoms with E-state index in [1.165, 1.54) is 0 Å². The van der Waals surface area contributed by atoms with E-state index in [1.54, 1.807) is 20.8 Å². The summed E-state index contributed by atoms with van der Waals surface area (Å²) in [4.78, 5) is 25.9. The number of nitro benzene ring substituents is 1. The number of halogens is 2. The Hall–Kier alpha value is -2.09. The van der Waals surface area contributed by atoms with Gasteiger partial charge in [-0.25, -0.2) is 9.87 Å². The van der Waals surface area contributed by atoms with Crippen molar-refractivity contribution in [1.82, 2.24) is 5.48 Å². The Balaban J connectivity index is 3.09. The van der Waals surface area contributed by atoms with Crippen molar-refractivity contribution in [2.75, 3.05) is 0 Å². The highest BCUT2D eigenvalue weighted by Crippen LogP contribution is 2.23. The molecule has 0 spiro atoms. The van der Waals surface area contributed by atoms with E-state index < -0.39 is 39.3 Å². The molecule has 0 unspecified atom stereocenters. The minimum absolute atomic E-state index is 0.645. The Kier molecular flexibility index (Phi) is 4.15. The highest BCUT2D eigenvalue weighted by atomic mass is 19.1. The van der Waals surface area contributed by atoms with Crippen molar-refractivity contribution < 1.29 is 23.3 Å². The Bertz CT molecular complexity index is 526. The van der Waals surface area contributed by atoms with E-state index in [9.17, 15) is 23.7 Å². The van der Waals surface area contributed by atoms with Crippen LogP contribution in [0, 0.1) is 21.7 Å². The molecule has 0 radical (unpaired) electrons. The standard InChI is InChI=1S/C11H12F2N2O4/c1-11(2,3)19-14-10(16)8-6(12)4-5-7(9(8)13)15(17)18/h4-5H,1-3H3,(H,14,16). The summed E-state index contributed by atoms with van der Waals surface area (Å²) in [6, 6.07) is 1.29. The van der Waals surface area contributed by atoms with Crippen LogP contribution in [-0.4, -0.2) is 16.4 Å². The number of benzene rings is 1. The molecule has 0 aliphatic rings. The van der Waals surface area contributed by atoms with Gasteiger partial charge in [0.15, 0.2) is 0 Å². The number of hydrogen-bond donors (Lipinski definition) is 1. The Labute approximate surface area is 107 Å². The van der Waals surface area contributed by atoms with Crippen LogP contribution in [0.25, 0.3) is 0 Å². The second-order valence-corrected chi connectivity index (χ2v) is 4.66. The van der Waals surface area contributed by atoms with Gasteiger partial charge in [-0.2, -0.15) is 4.39 Å². The molecule has 0 saturated carbocycles. The van der Waals surface area contributed by atoms with E-state index in [0.29, 0.717) is 12.1 Å². The zero-order valence-electron chi connectivity index (χ0n) is 10.5. The van der Waals surface area contributed by atoms with Crippen LogP contribution in [-0.2, 0) is 4.84 Å². The number of hydrogen-bond acceptors (Lipinski definition) is 4. The lowest BCUT2D eigenvalue weighted by molar-refractivity contribution is -0.387. The smallest absolute Gasteiger partial charge is 0.268 e. The minimum atomic E-state index is -1.54.